The molecule has 136 valence electrons. The molecular weight excluding hydrogens is 345 g/mol. The molecule has 0 aliphatic rings. The van der Waals surface area contributed by atoms with Crippen LogP contribution in [0.3, 0.4) is 0 Å². The molecule has 0 radical (unpaired) electrons. The lowest BCUT2D eigenvalue weighted by Crippen LogP contribution is -2.24. The Kier molecular flexibility index (Phi) is 5.56. The van der Waals surface area contributed by atoms with Gasteiger partial charge in [-0.2, -0.15) is 0 Å². The van der Waals surface area contributed by atoms with Crippen LogP contribution < -0.4 is 10.6 Å². The Hall–Kier alpha value is -3.54. The van der Waals surface area contributed by atoms with Crippen LogP contribution in [0.15, 0.2) is 66.9 Å². The molecule has 3 rings (SSSR count). The van der Waals surface area contributed by atoms with Crippen LogP contribution in [0.25, 0.3) is 0 Å². The third kappa shape index (κ3) is 4.98. The average Bonchev–Trinajstić information content (AvgIpc) is 2.69. The molecule has 3 aromatic rings. The molecule has 1 heterocycles. The molecule has 2 N–H and O–H groups in total. The van der Waals surface area contributed by atoms with Gasteiger partial charge in [-0.25, -0.2) is 4.39 Å². The zero-order chi connectivity index (χ0) is 19.2. The quantitative estimate of drug-likeness (QED) is 0.726. The molecular formula is C21H18FN3O2. The van der Waals surface area contributed by atoms with Gasteiger partial charge >= 0.3 is 0 Å². The van der Waals surface area contributed by atoms with Crippen molar-refractivity contribution in [3.05, 3.63) is 95.1 Å². The lowest BCUT2D eigenvalue weighted by atomic mass is 10.1. The minimum atomic E-state index is -0.406. The van der Waals surface area contributed by atoms with E-state index >= 15 is 0 Å². The molecule has 2 aromatic carbocycles. The molecule has 0 aliphatic heterocycles. The Morgan fingerprint density at radius 1 is 0.963 bits per heavy atom. The second-order valence-electron chi connectivity index (χ2n) is 6.06. The van der Waals surface area contributed by atoms with Gasteiger partial charge < -0.3 is 10.6 Å². The maximum atomic E-state index is 12.9. The van der Waals surface area contributed by atoms with Crippen LogP contribution in [-0.2, 0) is 6.54 Å². The highest BCUT2D eigenvalue weighted by molar-refractivity contribution is 6.05. The Balaban J connectivity index is 1.65. The Bertz CT molecular complexity index is 954. The van der Waals surface area contributed by atoms with Gasteiger partial charge in [0, 0.05) is 24.0 Å². The molecule has 1 aromatic heterocycles. The fourth-order valence-electron chi connectivity index (χ4n) is 2.41. The number of hydrogen-bond donors (Lipinski definition) is 2. The third-order valence-corrected chi connectivity index (χ3v) is 3.93. The average molecular weight is 363 g/mol. The number of nitrogens with one attached hydrogen (secondary N) is 2. The summed E-state index contributed by atoms with van der Waals surface area (Å²) in [5.74, 6) is -1.16. The summed E-state index contributed by atoms with van der Waals surface area (Å²) >= 11 is 0. The lowest BCUT2D eigenvalue weighted by Gasteiger charge is -2.08. The highest BCUT2D eigenvalue weighted by Crippen LogP contribution is 2.11. The fourth-order valence-corrected chi connectivity index (χ4v) is 2.41. The molecule has 0 saturated carbocycles. The summed E-state index contributed by atoms with van der Waals surface area (Å²) in [6.07, 6.45) is 1.40. The van der Waals surface area contributed by atoms with Gasteiger partial charge in [-0.3, -0.25) is 14.6 Å². The Morgan fingerprint density at radius 2 is 1.67 bits per heavy atom. The van der Waals surface area contributed by atoms with E-state index in [0.29, 0.717) is 12.2 Å². The van der Waals surface area contributed by atoms with E-state index < -0.39 is 5.91 Å². The van der Waals surface area contributed by atoms with Crippen molar-refractivity contribution < 1.29 is 14.0 Å². The number of halogens is 1. The van der Waals surface area contributed by atoms with Gasteiger partial charge in [0.1, 0.15) is 11.5 Å². The number of hydrogen-bond acceptors (Lipinski definition) is 3. The predicted octanol–water partition coefficient (Wildman–Crippen LogP) is 3.71. The van der Waals surface area contributed by atoms with Crippen molar-refractivity contribution in [1.29, 1.82) is 0 Å². The largest absolute Gasteiger partial charge is 0.347 e. The van der Waals surface area contributed by atoms with Gasteiger partial charge in [0.2, 0.25) is 0 Å². The van der Waals surface area contributed by atoms with Crippen molar-refractivity contribution in [2.24, 2.45) is 0 Å². The number of nitrogens with zero attached hydrogens (tertiary/aromatic N) is 1. The topological polar surface area (TPSA) is 71.1 Å². The standard InChI is InChI=1S/C21H18FN3O2/c1-14-2-4-15(5-3-14)13-24-21(27)19-12-16(10-11-23-19)20(26)25-18-8-6-17(22)7-9-18/h2-12H,13H2,1H3,(H,24,27)(H,25,26). The Labute approximate surface area is 156 Å². The van der Waals surface area contributed by atoms with Crippen molar-refractivity contribution in [3.8, 4) is 0 Å². The summed E-state index contributed by atoms with van der Waals surface area (Å²) < 4.78 is 12.9. The van der Waals surface area contributed by atoms with E-state index in [1.165, 1.54) is 42.6 Å². The second-order valence-corrected chi connectivity index (χ2v) is 6.06. The number of carbonyl (C=O) groups is 2. The minimum Gasteiger partial charge on any atom is -0.347 e. The third-order valence-electron chi connectivity index (χ3n) is 3.93. The van der Waals surface area contributed by atoms with E-state index in [-0.39, 0.29) is 23.0 Å². The summed E-state index contributed by atoms with van der Waals surface area (Å²) in [5.41, 5.74) is 3.01. The van der Waals surface area contributed by atoms with E-state index in [0.717, 1.165) is 11.1 Å². The second kappa shape index (κ2) is 8.23. The summed E-state index contributed by atoms with van der Waals surface area (Å²) in [4.78, 5) is 28.7. The molecule has 5 nitrogen and oxygen atoms in total. The summed E-state index contributed by atoms with van der Waals surface area (Å²) in [6.45, 7) is 2.36. The first-order valence-corrected chi connectivity index (χ1v) is 8.38. The van der Waals surface area contributed by atoms with Crippen molar-refractivity contribution in [2.45, 2.75) is 13.5 Å². The number of pyridine rings is 1. The van der Waals surface area contributed by atoms with Crippen molar-refractivity contribution in [3.63, 3.8) is 0 Å². The zero-order valence-corrected chi connectivity index (χ0v) is 14.7. The number of carbonyl (C=O) groups excluding carboxylic acids is 2. The van der Waals surface area contributed by atoms with E-state index in [2.05, 4.69) is 15.6 Å². The van der Waals surface area contributed by atoms with Crippen LogP contribution in [0.5, 0.6) is 0 Å². The molecule has 0 unspecified atom stereocenters. The van der Waals surface area contributed by atoms with Crippen molar-refractivity contribution in [1.82, 2.24) is 10.3 Å². The van der Waals surface area contributed by atoms with Gasteiger partial charge in [0.05, 0.1) is 0 Å². The zero-order valence-electron chi connectivity index (χ0n) is 14.7. The number of benzene rings is 2. The van der Waals surface area contributed by atoms with Crippen LogP contribution in [0.2, 0.25) is 0 Å². The number of anilines is 1. The smallest absolute Gasteiger partial charge is 0.270 e. The monoisotopic (exact) mass is 363 g/mol. The number of aromatic nitrogens is 1. The van der Waals surface area contributed by atoms with E-state index in [9.17, 15) is 14.0 Å². The molecule has 0 spiro atoms. The van der Waals surface area contributed by atoms with Crippen molar-refractivity contribution >= 4 is 17.5 Å². The first-order valence-electron chi connectivity index (χ1n) is 8.38. The van der Waals surface area contributed by atoms with Crippen LogP contribution in [0.1, 0.15) is 32.0 Å². The summed E-state index contributed by atoms with van der Waals surface area (Å²) in [7, 11) is 0. The van der Waals surface area contributed by atoms with E-state index in [4.69, 9.17) is 0 Å². The van der Waals surface area contributed by atoms with E-state index in [1.54, 1.807) is 0 Å². The maximum absolute atomic E-state index is 12.9. The normalized spacial score (nSPS) is 10.3. The molecule has 27 heavy (non-hydrogen) atoms. The summed E-state index contributed by atoms with van der Waals surface area (Å²) in [6, 6.07) is 16.2. The SMILES string of the molecule is Cc1ccc(CNC(=O)c2cc(C(=O)Nc3ccc(F)cc3)ccn2)cc1. The van der Waals surface area contributed by atoms with Crippen LogP contribution in [0, 0.1) is 12.7 Å². The van der Waals surface area contributed by atoms with Crippen LogP contribution in [-0.4, -0.2) is 16.8 Å². The van der Waals surface area contributed by atoms with Gasteiger partial charge in [-0.1, -0.05) is 29.8 Å². The number of aryl methyl sites for hydroxylation is 1. The molecule has 0 atom stereocenters. The molecule has 0 fully saturated rings. The van der Waals surface area contributed by atoms with Gasteiger partial charge in [-0.15, -0.1) is 0 Å². The van der Waals surface area contributed by atoms with Crippen LogP contribution >= 0.6 is 0 Å². The fraction of sp³-hybridized carbons (Fsp3) is 0.0952. The first kappa shape index (κ1) is 18.3. The maximum Gasteiger partial charge on any atom is 0.270 e. The first-order chi connectivity index (χ1) is 13.0. The summed E-state index contributed by atoms with van der Waals surface area (Å²) in [5, 5.41) is 5.43. The number of amides is 2. The molecule has 2 amide bonds. The highest BCUT2D eigenvalue weighted by atomic mass is 19.1. The predicted molar refractivity (Wildman–Crippen MR) is 101 cm³/mol. The molecule has 0 bridgehead atoms. The van der Waals surface area contributed by atoms with Gasteiger partial charge in [0.15, 0.2) is 0 Å². The lowest BCUT2D eigenvalue weighted by molar-refractivity contribution is 0.0946. The van der Waals surface area contributed by atoms with Gasteiger partial charge in [0.25, 0.3) is 11.8 Å². The molecule has 0 saturated heterocycles. The van der Waals surface area contributed by atoms with Crippen LogP contribution in [0.4, 0.5) is 10.1 Å². The number of rotatable bonds is 5. The minimum absolute atomic E-state index is 0.147. The molecule has 0 aliphatic carbocycles. The highest BCUT2D eigenvalue weighted by Gasteiger charge is 2.12. The Morgan fingerprint density at radius 3 is 2.37 bits per heavy atom. The van der Waals surface area contributed by atoms with Gasteiger partial charge in [-0.05, 0) is 48.9 Å². The van der Waals surface area contributed by atoms with E-state index in [1.807, 2.05) is 31.2 Å². The van der Waals surface area contributed by atoms with Crippen molar-refractivity contribution in [2.75, 3.05) is 5.32 Å². The molecule has 6 heteroatoms.